The summed E-state index contributed by atoms with van der Waals surface area (Å²) in [5.74, 6) is 1.73. The second-order valence-electron chi connectivity index (χ2n) is 5.04. The summed E-state index contributed by atoms with van der Waals surface area (Å²) < 4.78 is 6.98. The third kappa shape index (κ3) is 4.87. The molecule has 1 N–H and O–H groups in total. The Morgan fingerprint density at radius 2 is 1.81 bits per heavy atom. The topological polar surface area (TPSA) is 21.3 Å². The van der Waals surface area contributed by atoms with Crippen molar-refractivity contribution in [1.82, 2.24) is 5.32 Å². The minimum absolute atomic E-state index is 0.387. The number of benzene rings is 2. The molecule has 0 aliphatic heterocycles. The number of halogens is 1. The SMILES string of the molecule is CCCNC(CC)c1cccc(Oc2ccc(Br)cc2)c1. The van der Waals surface area contributed by atoms with Gasteiger partial charge < -0.3 is 10.1 Å². The van der Waals surface area contributed by atoms with Crippen LogP contribution in [0.5, 0.6) is 11.5 Å². The molecule has 2 aromatic carbocycles. The van der Waals surface area contributed by atoms with Crippen LogP contribution in [0, 0.1) is 0 Å². The summed E-state index contributed by atoms with van der Waals surface area (Å²) >= 11 is 3.43. The molecule has 112 valence electrons. The molecule has 0 fully saturated rings. The van der Waals surface area contributed by atoms with Crippen LogP contribution in [-0.2, 0) is 0 Å². The molecule has 0 aromatic heterocycles. The molecular formula is C18H22BrNO. The molecule has 1 atom stereocenters. The summed E-state index contributed by atoms with van der Waals surface area (Å²) in [5, 5.41) is 3.57. The van der Waals surface area contributed by atoms with E-state index in [0.717, 1.165) is 35.4 Å². The van der Waals surface area contributed by atoms with E-state index in [1.807, 2.05) is 30.3 Å². The fraction of sp³-hybridized carbons (Fsp3) is 0.333. The maximum Gasteiger partial charge on any atom is 0.127 e. The molecule has 0 bridgehead atoms. The average Bonchev–Trinajstić information content (AvgIpc) is 2.51. The van der Waals surface area contributed by atoms with Gasteiger partial charge in [-0.2, -0.15) is 0 Å². The maximum atomic E-state index is 5.92. The first-order valence-electron chi connectivity index (χ1n) is 7.49. The van der Waals surface area contributed by atoms with Crippen LogP contribution < -0.4 is 10.1 Å². The molecule has 0 saturated carbocycles. The van der Waals surface area contributed by atoms with E-state index in [1.54, 1.807) is 0 Å². The van der Waals surface area contributed by atoms with E-state index in [4.69, 9.17) is 4.74 Å². The van der Waals surface area contributed by atoms with Gasteiger partial charge in [0.2, 0.25) is 0 Å². The van der Waals surface area contributed by atoms with Crippen LogP contribution in [-0.4, -0.2) is 6.54 Å². The van der Waals surface area contributed by atoms with Gasteiger partial charge in [0.25, 0.3) is 0 Å². The van der Waals surface area contributed by atoms with Crippen LogP contribution in [0.2, 0.25) is 0 Å². The van der Waals surface area contributed by atoms with Crippen molar-refractivity contribution < 1.29 is 4.74 Å². The van der Waals surface area contributed by atoms with E-state index in [1.165, 1.54) is 5.56 Å². The maximum absolute atomic E-state index is 5.92. The number of nitrogens with one attached hydrogen (secondary N) is 1. The summed E-state index contributed by atoms with van der Waals surface area (Å²) in [5.41, 5.74) is 1.28. The highest BCUT2D eigenvalue weighted by atomic mass is 79.9. The van der Waals surface area contributed by atoms with Gasteiger partial charge in [-0.1, -0.05) is 41.9 Å². The molecule has 0 heterocycles. The molecule has 0 spiro atoms. The fourth-order valence-corrected chi connectivity index (χ4v) is 2.51. The van der Waals surface area contributed by atoms with E-state index in [0.29, 0.717) is 6.04 Å². The van der Waals surface area contributed by atoms with E-state index in [2.05, 4.69) is 53.3 Å². The Labute approximate surface area is 135 Å². The summed E-state index contributed by atoms with van der Waals surface area (Å²) in [4.78, 5) is 0. The molecule has 0 saturated heterocycles. The summed E-state index contributed by atoms with van der Waals surface area (Å²) in [7, 11) is 0. The van der Waals surface area contributed by atoms with Crippen molar-refractivity contribution in [3.8, 4) is 11.5 Å². The number of hydrogen-bond acceptors (Lipinski definition) is 2. The van der Waals surface area contributed by atoms with E-state index in [-0.39, 0.29) is 0 Å². The molecule has 0 aliphatic rings. The van der Waals surface area contributed by atoms with Crippen molar-refractivity contribution in [2.24, 2.45) is 0 Å². The molecule has 0 radical (unpaired) electrons. The molecule has 2 aromatic rings. The average molecular weight is 348 g/mol. The zero-order chi connectivity index (χ0) is 15.1. The third-order valence-electron chi connectivity index (χ3n) is 3.36. The number of ether oxygens (including phenoxy) is 1. The zero-order valence-electron chi connectivity index (χ0n) is 12.6. The van der Waals surface area contributed by atoms with Gasteiger partial charge in [-0.25, -0.2) is 0 Å². The van der Waals surface area contributed by atoms with Crippen molar-refractivity contribution in [2.75, 3.05) is 6.54 Å². The first-order chi connectivity index (χ1) is 10.2. The minimum atomic E-state index is 0.387. The normalized spacial score (nSPS) is 12.1. The predicted molar refractivity (Wildman–Crippen MR) is 92.0 cm³/mol. The predicted octanol–water partition coefficient (Wildman–Crippen LogP) is 5.69. The van der Waals surface area contributed by atoms with Crippen LogP contribution in [0.1, 0.15) is 38.3 Å². The second kappa shape index (κ2) is 8.20. The van der Waals surface area contributed by atoms with Gasteiger partial charge in [-0.15, -0.1) is 0 Å². The quantitative estimate of drug-likeness (QED) is 0.694. The lowest BCUT2D eigenvalue weighted by atomic mass is 10.0. The van der Waals surface area contributed by atoms with Crippen LogP contribution >= 0.6 is 15.9 Å². The van der Waals surface area contributed by atoms with Crippen LogP contribution in [0.25, 0.3) is 0 Å². The first-order valence-corrected chi connectivity index (χ1v) is 8.29. The van der Waals surface area contributed by atoms with Crippen molar-refractivity contribution in [3.63, 3.8) is 0 Å². The van der Waals surface area contributed by atoms with Crippen LogP contribution in [0.3, 0.4) is 0 Å². The lowest BCUT2D eigenvalue weighted by molar-refractivity contribution is 0.476. The summed E-state index contributed by atoms with van der Waals surface area (Å²) in [6, 6.07) is 16.6. The first kappa shape index (κ1) is 16.1. The summed E-state index contributed by atoms with van der Waals surface area (Å²) in [6.07, 6.45) is 2.22. The summed E-state index contributed by atoms with van der Waals surface area (Å²) in [6.45, 7) is 5.43. The minimum Gasteiger partial charge on any atom is -0.457 e. The highest BCUT2D eigenvalue weighted by Crippen LogP contribution is 2.26. The van der Waals surface area contributed by atoms with Crippen LogP contribution in [0.15, 0.2) is 53.0 Å². The van der Waals surface area contributed by atoms with E-state index >= 15 is 0 Å². The lowest BCUT2D eigenvalue weighted by Crippen LogP contribution is -2.21. The second-order valence-corrected chi connectivity index (χ2v) is 5.96. The molecule has 0 amide bonds. The highest BCUT2D eigenvalue weighted by molar-refractivity contribution is 9.10. The molecule has 2 rings (SSSR count). The monoisotopic (exact) mass is 347 g/mol. The van der Waals surface area contributed by atoms with E-state index in [9.17, 15) is 0 Å². The smallest absolute Gasteiger partial charge is 0.127 e. The Balaban J connectivity index is 2.11. The van der Waals surface area contributed by atoms with Gasteiger partial charge in [-0.3, -0.25) is 0 Å². The van der Waals surface area contributed by atoms with E-state index < -0.39 is 0 Å². The molecule has 21 heavy (non-hydrogen) atoms. The standard InChI is InChI=1S/C18H22BrNO/c1-3-12-20-18(4-2)14-6-5-7-17(13-14)21-16-10-8-15(19)9-11-16/h5-11,13,18,20H,3-4,12H2,1-2H3. The largest absolute Gasteiger partial charge is 0.457 e. The Kier molecular flexibility index (Phi) is 6.27. The Hall–Kier alpha value is -1.32. The molecule has 0 aliphatic carbocycles. The molecule has 3 heteroatoms. The van der Waals surface area contributed by atoms with Crippen molar-refractivity contribution in [3.05, 3.63) is 58.6 Å². The van der Waals surface area contributed by atoms with Crippen molar-refractivity contribution >= 4 is 15.9 Å². The molecule has 1 unspecified atom stereocenters. The van der Waals surface area contributed by atoms with Crippen molar-refractivity contribution in [2.45, 2.75) is 32.7 Å². The van der Waals surface area contributed by atoms with Gasteiger partial charge >= 0.3 is 0 Å². The van der Waals surface area contributed by atoms with Crippen molar-refractivity contribution in [1.29, 1.82) is 0 Å². The van der Waals surface area contributed by atoms with Gasteiger partial charge in [0.15, 0.2) is 0 Å². The Morgan fingerprint density at radius 3 is 2.48 bits per heavy atom. The van der Waals surface area contributed by atoms with Gasteiger partial charge in [0.1, 0.15) is 11.5 Å². The van der Waals surface area contributed by atoms with Gasteiger partial charge in [0, 0.05) is 10.5 Å². The Morgan fingerprint density at radius 1 is 1.05 bits per heavy atom. The van der Waals surface area contributed by atoms with Gasteiger partial charge in [-0.05, 0) is 61.3 Å². The lowest BCUT2D eigenvalue weighted by Gasteiger charge is -2.18. The number of rotatable bonds is 7. The Bertz CT molecular complexity index is 553. The highest BCUT2D eigenvalue weighted by Gasteiger charge is 2.09. The zero-order valence-corrected chi connectivity index (χ0v) is 14.2. The van der Waals surface area contributed by atoms with Crippen LogP contribution in [0.4, 0.5) is 0 Å². The third-order valence-corrected chi connectivity index (χ3v) is 3.89. The fourth-order valence-electron chi connectivity index (χ4n) is 2.25. The van der Waals surface area contributed by atoms with Gasteiger partial charge in [0.05, 0.1) is 0 Å². The molecular weight excluding hydrogens is 326 g/mol. The molecule has 2 nitrogen and oxygen atoms in total. The number of hydrogen-bond donors (Lipinski definition) is 1.